The molecule has 1 fully saturated rings. The summed E-state index contributed by atoms with van der Waals surface area (Å²) in [6, 6.07) is 23.1. The number of ether oxygens (including phenoxy) is 1. The Morgan fingerprint density at radius 3 is 2.20 bits per heavy atom. The fourth-order valence-corrected chi connectivity index (χ4v) is 5.63. The number of aromatic nitrogens is 2. The smallest absolute Gasteiger partial charge is 0.275 e. The number of hydrogen-bond donors (Lipinski definition) is 0. The van der Waals surface area contributed by atoms with Gasteiger partial charge in [0.15, 0.2) is 5.69 Å². The number of ketones is 1. The molecule has 5 rings (SSSR count). The number of likely N-dealkylation sites (tertiary alicyclic amines) is 1. The van der Waals surface area contributed by atoms with Gasteiger partial charge in [-0.3, -0.25) is 9.59 Å². The van der Waals surface area contributed by atoms with E-state index in [0.717, 1.165) is 5.56 Å². The summed E-state index contributed by atoms with van der Waals surface area (Å²) in [6.45, 7) is 2.23. The molecule has 1 aromatic heterocycles. The number of Topliss-reactive ketones (excluding diaryl/α,β-unsaturated/α-hetero) is 1. The van der Waals surface area contributed by atoms with Gasteiger partial charge < -0.3 is 9.64 Å². The number of carbonyl (C=O) groups is 2. The predicted octanol–water partition coefficient (Wildman–Crippen LogP) is 7.26. The zero-order valence-corrected chi connectivity index (χ0v) is 23.7. The van der Waals surface area contributed by atoms with Crippen molar-refractivity contribution in [3.05, 3.63) is 105 Å². The topological polar surface area (TPSA) is 88.2 Å². The third kappa shape index (κ3) is 5.18. The number of carbonyl (C=O) groups excluding carboxylic acids is 2. The lowest BCUT2D eigenvalue weighted by atomic mass is 9.70. The molecule has 0 bridgehead atoms. The van der Waals surface area contributed by atoms with Gasteiger partial charge in [-0.2, -0.15) is 15.0 Å². The molecule has 7 nitrogen and oxygen atoms in total. The maximum absolute atomic E-state index is 13.8. The molecule has 4 aromatic rings. The average Bonchev–Trinajstić information content (AvgIpc) is 3.32. The molecule has 1 aliphatic rings. The lowest BCUT2D eigenvalue weighted by Crippen LogP contribution is -2.48. The molecule has 1 amide bonds. The van der Waals surface area contributed by atoms with E-state index in [0.29, 0.717) is 47.4 Å². The van der Waals surface area contributed by atoms with Crippen LogP contribution in [-0.4, -0.2) is 39.5 Å². The summed E-state index contributed by atoms with van der Waals surface area (Å²) in [4.78, 5) is 28.2. The zero-order chi connectivity index (χ0) is 28.4. The number of rotatable bonds is 6. The summed E-state index contributed by atoms with van der Waals surface area (Å²) in [5.74, 6) is 0.0327. The summed E-state index contributed by atoms with van der Waals surface area (Å²) < 4.78 is 7.41. The molecule has 0 radical (unpaired) electrons. The molecule has 2 heterocycles. The fourth-order valence-electron chi connectivity index (χ4n) is 5.02. The van der Waals surface area contributed by atoms with E-state index < -0.39 is 11.3 Å². The Kier molecular flexibility index (Phi) is 7.86. The van der Waals surface area contributed by atoms with Crippen LogP contribution in [0.1, 0.15) is 41.4 Å². The molecular formula is C30H23Cl3N4O3. The van der Waals surface area contributed by atoms with E-state index in [2.05, 4.69) is 11.2 Å². The first-order valence-corrected chi connectivity index (χ1v) is 13.6. The maximum Gasteiger partial charge on any atom is 0.275 e. The van der Waals surface area contributed by atoms with Gasteiger partial charge >= 0.3 is 0 Å². The molecule has 0 spiro atoms. The Morgan fingerprint density at radius 2 is 1.60 bits per heavy atom. The average molecular weight is 594 g/mol. The SMILES string of the molecule is CC(=O)C1(c2ccccc2)CCN(C(=O)c2nn(-c3ccc(Cl)cc3Cl)c(Oc3ccc(Cl)cc3)c2C#N)CC1. The first-order valence-electron chi connectivity index (χ1n) is 12.5. The van der Waals surface area contributed by atoms with Crippen molar-refractivity contribution in [3.8, 4) is 23.4 Å². The second kappa shape index (κ2) is 11.3. The minimum atomic E-state index is -0.671. The highest BCUT2D eigenvalue weighted by atomic mass is 35.5. The van der Waals surface area contributed by atoms with Crippen LogP contribution in [0.4, 0.5) is 0 Å². The number of benzene rings is 3. The Hall–Kier alpha value is -3.83. The molecule has 0 aliphatic carbocycles. The van der Waals surface area contributed by atoms with Crippen molar-refractivity contribution >= 4 is 46.5 Å². The number of hydrogen-bond acceptors (Lipinski definition) is 5. The van der Waals surface area contributed by atoms with E-state index in [1.165, 1.54) is 10.7 Å². The van der Waals surface area contributed by atoms with Crippen molar-refractivity contribution in [2.24, 2.45) is 0 Å². The zero-order valence-electron chi connectivity index (χ0n) is 21.4. The van der Waals surface area contributed by atoms with E-state index in [1.54, 1.807) is 48.2 Å². The van der Waals surface area contributed by atoms with E-state index in [-0.39, 0.29) is 27.9 Å². The van der Waals surface area contributed by atoms with E-state index in [1.807, 2.05) is 30.3 Å². The van der Waals surface area contributed by atoms with Gasteiger partial charge in [-0.1, -0.05) is 65.1 Å². The minimum Gasteiger partial charge on any atom is -0.438 e. The summed E-state index contributed by atoms with van der Waals surface area (Å²) in [6.07, 6.45) is 0.912. The van der Waals surface area contributed by atoms with Crippen LogP contribution in [-0.2, 0) is 10.2 Å². The Labute approximate surface area is 246 Å². The van der Waals surface area contributed by atoms with Gasteiger partial charge in [-0.05, 0) is 67.8 Å². The molecule has 0 unspecified atom stereocenters. The Balaban J connectivity index is 1.52. The Morgan fingerprint density at radius 1 is 0.950 bits per heavy atom. The summed E-state index contributed by atoms with van der Waals surface area (Å²) in [5, 5.41) is 15.9. The van der Waals surface area contributed by atoms with Crippen LogP contribution in [0.3, 0.4) is 0 Å². The third-order valence-electron chi connectivity index (χ3n) is 7.23. The number of piperidine rings is 1. The molecule has 40 heavy (non-hydrogen) atoms. The number of amides is 1. The molecule has 0 atom stereocenters. The van der Waals surface area contributed by atoms with E-state index in [9.17, 15) is 14.9 Å². The predicted molar refractivity (Wildman–Crippen MR) is 154 cm³/mol. The molecular weight excluding hydrogens is 571 g/mol. The van der Waals surface area contributed by atoms with Crippen LogP contribution in [0.25, 0.3) is 5.69 Å². The summed E-state index contributed by atoms with van der Waals surface area (Å²) >= 11 is 18.6. The molecule has 3 aromatic carbocycles. The second-order valence-electron chi connectivity index (χ2n) is 9.50. The molecule has 0 saturated carbocycles. The monoisotopic (exact) mass is 592 g/mol. The van der Waals surface area contributed by atoms with Gasteiger partial charge in [0, 0.05) is 23.1 Å². The van der Waals surface area contributed by atoms with Gasteiger partial charge in [0.05, 0.1) is 16.1 Å². The molecule has 1 aliphatic heterocycles. The van der Waals surface area contributed by atoms with Crippen molar-refractivity contribution in [2.75, 3.05) is 13.1 Å². The molecule has 1 saturated heterocycles. The summed E-state index contributed by atoms with van der Waals surface area (Å²) in [5.41, 5.74) is 0.524. The van der Waals surface area contributed by atoms with Crippen LogP contribution in [0.15, 0.2) is 72.8 Å². The molecule has 0 N–H and O–H groups in total. The lowest BCUT2D eigenvalue weighted by Gasteiger charge is -2.40. The van der Waals surface area contributed by atoms with E-state index >= 15 is 0 Å². The quantitative estimate of drug-likeness (QED) is 0.235. The van der Waals surface area contributed by atoms with Crippen LogP contribution in [0.2, 0.25) is 15.1 Å². The third-order valence-corrected chi connectivity index (χ3v) is 8.02. The van der Waals surface area contributed by atoms with Crippen LogP contribution >= 0.6 is 34.8 Å². The highest BCUT2D eigenvalue weighted by Crippen LogP contribution is 2.38. The standard InChI is InChI=1S/C30H23Cl3N4O3/c1-19(38)30(20-5-3-2-4-6-20)13-15-36(16-14-30)28(39)27-24(18-34)29(40-23-10-7-21(31)8-11-23)37(35-27)26-12-9-22(32)17-25(26)33/h2-12,17H,13-16H2,1H3. The fraction of sp³-hybridized carbons (Fsp3) is 0.200. The summed E-state index contributed by atoms with van der Waals surface area (Å²) in [7, 11) is 0. The van der Waals surface area contributed by atoms with Gasteiger partial charge in [-0.25, -0.2) is 0 Å². The maximum atomic E-state index is 13.8. The van der Waals surface area contributed by atoms with Crippen molar-refractivity contribution in [1.29, 1.82) is 5.26 Å². The highest BCUT2D eigenvalue weighted by Gasteiger charge is 2.42. The van der Waals surface area contributed by atoms with Crippen molar-refractivity contribution < 1.29 is 14.3 Å². The van der Waals surface area contributed by atoms with Crippen molar-refractivity contribution in [1.82, 2.24) is 14.7 Å². The first-order chi connectivity index (χ1) is 19.2. The molecule has 202 valence electrons. The van der Waals surface area contributed by atoms with Gasteiger partial charge in [0.2, 0.25) is 5.88 Å². The number of nitriles is 1. The highest BCUT2D eigenvalue weighted by molar-refractivity contribution is 6.35. The van der Waals surface area contributed by atoms with Crippen LogP contribution in [0.5, 0.6) is 11.6 Å². The second-order valence-corrected chi connectivity index (χ2v) is 10.8. The first kappa shape index (κ1) is 27.7. The number of halogens is 3. The largest absolute Gasteiger partial charge is 0.438 e. The van der Waals surface area contributed by atoms with Crippen molar-refractivity contribution in [3.63, 3.8) is 0 Å². The lowest BCUT2D eigenvalue weighted by molar-refractivity contribution is -0.124. The van der Waals surface area contributed by atoms with Crippen LogP contribution in [0, 0.1) is 11.3 Å². The van der Waals surface area contributed by atoms with Crippen LogP contribution < -0.4 is 4.74 Å². The Bertz CT molecular complexity index is 1620. The normalized spacial score (nSPS) is 14.4. The van der Waals surface area contributed by atoms with Gasteiger partial charge in [-0.15, -0.1) is 0 Å². The molecule has 10 heteroatoms. The number of nitrogens with zero attached hydrogens (tertiary/aromatic N) is 4. The van der Waals surface area contributed by atoms with Crippen molar-refractivity contribution in [2.45, 2.75) is 25.2 Å². The minimum absolute atomic E-state index is 0.0248. The van der Waals surface area contributed by atoms with Gasteiger partial charge in [0.1, 0.15) is 23.2 Å². The van der Waals surface area contributed by atoms with Gasteiger partial charge in [0.25, 0.3) is 5.91 Å². The van der Waals surface area contributed by atoms with E-state index in [4.69, 9.17) is 39.5 Å².